The fraction of sp³-hybridized carbons (Fsp3) is 0.562. The van der Waals surface area contributed by atoms with Crippen molar-refractivity contribution in [3.8, 4) is 0 Å². The first-order valence-corrected chi connectivity index (χ1v) is 7.48. The van der Waals surface area contributed by atoms with Gasteiger partial charge < -0.3 is 15.0 Å². The van der Waals surface area contributed by atoms with E-state index in [1.807, 2.05) is 0 Å². The Bertz CT molecular complexity index is 560. The van der Waals surface area contributed by atoms with E-state index in [9.17, 15) is 5.11 Å². The zero-order valence-corrected chi connectivity index (χ0v) is 12.7. The minimum Gasteiger partial charge on any atom is -0.395 e. The van der Waals surface area contributed by atoms with Crippen LogP contribution in [0.3, 0.4) is 0 Å². The smallest absolute Gasteiger partial charge is 0.111 e. The van der Waals surface area contributed by atoms with Gasteiger partial charge in [-0.15, -0.1) is 0 Å². The van der Waals surface area contributed by atoms with Crippen LogP contribution in [0.4, 0.5) is 0 Å². The summed E-state index contributed by atoms with van der Waals surface area (Å²) in [4.78, 5) is 4.76. The van der Waals surface area contributed by atoms with Crippen molar-refractivity contribution >= 4 is 11.0 Å². The summed E-state index contributed by atoms with van der Waals surface area (Å²) in [5, 5.41) is 12.6. The number of aromatic nitrogens is 2. The van der Waals surface area contributed by atoms with Crippen LogP contribution in [0.1, 0.15) is 38.1 Å². The minimum absolute atomic E-state index is 0.144. The molecule has 0 amide bonds. The number of fused-ring (bicyclic) bond motifs is 1. The Morgan fingerprint density at radius 2 is 2.15 bits per heavy atom. The quantitative estimate of drug-likeness (QED) is 0.762. The molecule has 0 saturated carbocycles. The summed E-state index contributed by atoms with van der Waals surface area (Å²) in [6.07, 6.45) is 0.888. The van der Waals surface area contributed by atoms with Gasteiger partial charge in [0.25, 0.3) is 0 Å². The average molecular weight is 275 g/mol. The molecule has 0 aliphatic rings. The number of imidazole rings is 1. The largest absolute Gasteiger partial charge is 0.395 e. The molecule has 4 heteroatoms. The molecular weight excluding hydrogens is 250 g/mol. The number of likely N-dealkylation sites (N-methyl/N-ethyl adjacent to an activating group) is 1. The van der Waals surface area contributed by atoms with E-state index in [0.717, 1.165) is 36.4 Å². The van der Waals surface area contributed by atoms with E-state index >= 15 is 0 Å². The molecule has 0 aliphatic carbocycles. The maximum atomic E-state index is 9.27. The highest BCUT2D eigenvalue weighted by Crippen LogP contribution is 2.22. The van der Waals surface area contributed by atoms with Crippen molar-refractivity contribution in [3.05, 3.63) is 29.6 Å². The number of hydrogen-bond acceptors (Lipinski definition) is 3. The van der Waals surface area contributed by atoms with Crippen LogP contribution in [0.15, 0.2) is 18.2 Å². The van der Waals surface area contributed by atoms with Crippen LogP contribution >= 0.6 is 0 Å². The number of aliphatic hydroxyl groups is 1. The van der Waals surface area contributed by atoms with E-state index < -0.39 is 0 Å². The molecule has 110 valence electrons. The van der Waals surface area contributed by atoms with Crippen molar-refractivity contribution in [2.45, 2.75) is 39.7 Å². The van der Waals surface area contributed by atoms with Gasteiger partial charge in [-0.1, -0.05) is 26.8 Å². The number of aliphatic hydroxyl groups excluding tert-OH is 1. The second kappa shape index (κ2) is 6.86. The molecule has 0 atom stereocenters. The molecule has 0 unspecified atom stereocenters. The van der Waals surface area contributed by atoms with Crippen molar-refractivity contribution in [2.75, 3.05) is 19.7 Å². The Morgan fingerprint density at radius 3 is 2.80 bits per heavy atom. The maximum Gasteiger partial charge on any atom is 0.111 e. The van der Waals surface area contributed by atoms with Crippen LogP contribution in [0.2, 0.25) is 0 Å². The molecule has 1 aromatic heterocycles. The number of hydrogen-bond donors (Lipinski definition) is 2. The molecule has 0 radical (unpaired) electrons. The zero-order valence-electron chi connectivity index (χ0n) is 12.7. The van der Waals surface area contributed by atoms with Gasteiger partial charge in [-0.05, 0) is 30.2 Å². The van der Waals surface area contributed by atoms with Crippen LogP contribution in [-0.4, -0.2) is 34.4 Å². The second-order valence-corrected chi connectivity index (χ2v) is 5.41. The van der Waals surface area contributed by atoms with E-state index in [4.69, 9.17) is 4.98 Å². The van der Waals surface area contributed by atoms with E-state index in [1.54, 1.807) is 0 Å². The molecule has 0 aliphatic heterocycles. The molecule has 4 nitrogen and oxygen atoms in total. The lowest BCUT2D eigenvalue weighted by molar-refractivity contribution is 0.276. The second-order valence-electron chi connectivity index (χ2n) is 5.41. The van der Waals surface area contributed by atoms with E-state index in [1.165, 1.54) is 5.56 Å². The first-order valence-electron chi connectivity index (χ1n) is 7.48. The summed E-state index contributed by atoms with van der Waals surface area (Å²) in [6.45, 7) is 9.13. The Labute approximate surface area is 120 Å². The van der Waals surface area contributed by atoms with Gasteiger partial charge in [-0.25, -0.2) is 4.98 Å². The van der Waals surface area contributed by atoms with E-state index in [2.05, 4.69) is 48.9 Å². The third-order valence-electron chi connectivity index (χ3n) is 3.62. The van der Waals surface area contributed by atoms with Gasteiger partial charge in [0, 0.05) is 19.5 Å². The van der Waals surface area contributed by atoms with E-state index in [0.29, 0.717) is 12.5 Å². The van der Waals surface area contributed by atoms with Crippen LogP contribution in [-0.2, 0) is 13.0 Å². The molecule has 0 bridgehead atoms. The SMILES string of the molecule is CCNCCc1nc2cc(C(C)C)ccc2n1CCO. The van der Waals surface area contributed by atoms with Gasteiger partial charge in [0.1, 0.15) is 5.82 Å². The lowest BCUT2D eigenvalue weighted by Crippen LogP contribution is -2.18. The molecular formula is C16H25N3O. The molecule has 1 aromatic carbocycles. The Hall–Kier alpha value is -1.39. The molecule has 2 rings (SSSR count). The first-order chi connectivity index (χ1) is 9.67. The molecule has 0 saturated heterocycles. The number of nitrogens with one attached hydrogen (secondary N) is 1. The number of rotatable bonds is 7. The Morgan fingerprint density at radius 1 is 1.35 bits per heavy atom. The zero-order chi connectivity index (χ0) is 14.5. The summed E-state index contributed by atoms with van der Waals surface area (Å²) in [7, 11) is 0. The first kappa shape index (κ1) is 15.0. The third kappa shape index (κ3) is 3.19. The lowest BCUT2D eigenvalue weighted by atomic mass is 10.0. The lowest BCUT2D eigenvalue weighted by Gasteiger charge is -2.08. The summed E-state index contributed by atoms with van der Waals surface area (Å²) < 4.78 is 2.14. The van der Waals surface area contributed by atoms with Gasteiger partial charge in [0.2, 0.25) is 0 Å². The van der Waals surface area contributed by atoms with Crippen LogP contribution in [0, 0.1) is 0 Å². The maximum absolute atomic E-state index is 9.27. The van der Waals surface area contributed by atoms with Gasteiger partial charge >= 0.3 is 0 Å². The highest BCUT2D eigenvalue weighted by atomic mass is 16.3. The fourth-order valence-electron chi connectivity index (χ4n) is 2.47. The molecule has 20 heavy (non-hydrogen) atoms. The number of benzene rings is 1. The van der Waals surface area contributed by atoms with Gasteiger partial charge in [-0.2, -0.15) is 0 Å². The van der Waals surface area contributed by atoms with Crippen molar-refractivity contribution in [3.63, 3.8) is 0 Å². The topological polar surface area (TPSA) is 50.1 Å². The van der Waals surface area contributed by atoms with Gasteiger partial charge in [0.15, 0.2) is 0 Å². The monoisotopic (exact) mass is 275 g/mol. The molecule has 2 aromatic rings. The summed E-state index contributed by atoms with van der Waals surface area (Å²) in [6, 6.07) is 6.46. The van der Waals surface area contributed by atoms with Crippen molar-refractivity contribution in [1.82, 2.24) is 14.9 Å². The van der Waals surface area contributed by atoms with Gasteiger partial charge in [0.05, 0.1) is 17.6 Å². The Balaban J connectivity index is 2.36. The van der Waals surface area contributed by atoms with Crippen molar-refractivity contribution in [1.29, 1.82) is 0 Å². The summed E-state index contributed by atoms with van der Waals surface area (Å²) in [5.41, 5.74) is 3.47. The standard InChI is InChI=1S/C16H25N3O/c1-4-17-8-7-16-18-14-11-13(12(2)3)5-6-15(14)19(16)9-10-20/h5-6,11-12,17,20H,4,7-10H2,1-3H3. The predicted octanol–water partition coefficient (Wildman–Crippen LogP) is 2.30. The average Bonchev–Trinajstić information content (AvgIpc) is 2.77. The predicted molar refractivity (Wildman–Crippen MR) is 83.2 cm³/mol. The van der Waals surface area contributed by atoms with Gasteiger partial charge in [-0.3, -0.25) is 0 Å². The molecule has 0 spiro atoms. The minimum atomic E-state index is 0.144. The summed E-state index contributed by atoms with van der Waals surface area (Å²) >= 11 is 0. The molecule has 2 N–H and O–H groups in total. The van der Waals surface area contributed by atoms with Crippen LogP contribution in [0.5, 0.6) is 0 Å². The van der Waals surface area contributed by atoms with E-state index in [-0.39, 0.29) is 6.61 Å². The highest BCUT2D eigenvalue weighted by molar-refractivity contribution is 5.77. The number of nitrogens with zero attached hydrogens (tertiary/aromatic N) is 2. The van der Waals surface area contributed by atoms with Crippen LogP contribution in [0.25, 0.3) is 11.0 Å². The highest BCUT2D eigenvalue weighted by Gasteiger charge is 2.11. The Kier molecular flexibility index (Phi) is 5.15. The molecule has 1 heterocycles. The third-order valence-corrected chi connectivity index (χ3v) is 3.62. The van der Waals surface area contributed by atoms with Crippen LogP contribution < -0.4 is 5.32 Å². The van der Waals surface area contributed by atoms with Crippen molar-refractivity contribution in [2.24, 2.45) is 0 Å². The normalized spacial score (nSPS) is 11.7. The molecule has 0 fully saturated rings. The van der Waals surface area contributed by atoms with Crippen molar-refractivity contribution < 1.29 is 5.11 Å². The fourth-order valence-corrected chi connectivity index (χ4v) is 2.47. The summed E-state index contributed by atoms with van der Waals surface area (Å²) in [5.74, 6) is 1.56.